The molecule has 0 amide bonds. The van der Waals surface area contributed by atoms with E-state index in [9.17, 15) is 0 Å². The molecule has 5 aliphatic rings. The fourth-order valence-corrected chi connectivity index (χ4v) is 13.4. The Kier molecular flexibility index (Phi) is 9.92. The number of anilines is 6. The quantitative estimate of drug-likeness (QED) is 0.165. The van der Waals surface area contributed by atoms with Gasteiger partial charge in [-0.1, -0.05) is 158 Å². The third kappa shape index (κ3) is 6.88. The van der Waals surface area contributed by atoms with E-state index in [2.05, 4.69) is 186 Å². The summed E-state index contributed by atoms with van der Waals surface area (Å²) in [5.74, 6) is 0.949. The summed E-state index contributed by atoms with van der Waals surface area (Å²) in [5.41, 5.74) is 14.8. The third-order valence-corrected chi connectivity index (χ3v) is 18.1. The van der Waals surface area contributed by atoms with E-state index in [1.807, 2.05) is 6.07 Å². The largest absolute Gasteiger partial charge is 0.472 e. The van der Waals surface area contributed by atoms with Gasteiger partial charge in [0.2, 0.25) is 0 Å². The van der Waals surface area contributed by atoms with Crippen LogP contribution in [0, 0.1) is 0 Å². The molecule has 7 heteroatoms. The lowest BCUT2D eigenvalue weighted by molar-refractivity contribution is -0.137. The minimum Gasteiger partial charge on any atom is -0.472 e. The minimum absolute atomic E-state index is 0.0995. The predicted molar refractivity (Wildman–Crippen MR) is 288 cm³/mol. The van der Waals surface area contributed by atoms with E-state index >= 15 is 13.2 Å². The molecule has 0 unspecified atom stereocenters. The normalized spacial score (nSPS) is 20.7. The number of furan rings is 1. The van der Waals surface area contributed by atoms with Crippen molar-refractivity contribution in [2.45, 2.75) is 186 Å². The first kappa shape index (κ1) is 47.2. The van der Waals surface area contributed by atoms with Crippen molar-refractivity contribution in [3.05, 3.63) is 136 Å². The van der Waals surface area contributed by atoms with Crippen LogP contribution in [0.3, 0.4) is 0 Å². The van der Waals surface area contributed by atoms with E-state index in [-0.39, 0.29) is 37.9 Å². The molecule has 3 nitrogen and oxygen atoms in total. The van der Waals surface area contributed by atoms with Gasteiger partial charge in [-0.25, -0.2) is 0 Å². The summed E-state index contributed by atoms with van der Waals surface area (Å²) >= 11 is 0. The maximum atomic E-state index is 16.3. The van der Waals surface area contributed by atoms with Gasteiger partial charge in [-0.2, -0.15) is 13.2 Å². The summed E-state index contributed by atoms with van der Waals surface area (Å²) < 4.78 is 56.4. The molecule has 3 aliphatic carbocycles. The summed E-state index contributed by atoms with van der Waals surface area (Å²) in [6.07, 6.45) is 1.23. The zero-order valence-corrected chi connectivity index (χ0v) is 44.4. The van der Waals surface area contributed by atoms with Gasteiger partial charge < -0.3 is 14.2 Å². The molecule has 0 spiro atoms. The number of halogens is 3. The van der Waals surface area contributed by atoms with Gasteiger partial charge in [-0.15, -0.1) is 0 Å². The molecule has 0 radical (unpaired) electrons. The molecular weight excluding hydrogens is 869 g/mol. The molecule has 364 valence electrons. The number of nitrogens with zero attached hydrogens (tertiary/aromatic N) is 2. The molecule has 5 aromatic carbocycles. The summed E-state index contributed by atoms with van der Waals surface area (Å²) in [6, 6.07) is 31.5. The number of hydrogen-bond donors (Lipinski definition) is 0. The molecular formula is C63H72BF3N2O. The highest BCUT2D eigenvalue weighted by Crippen LogP contribution is 2.59. The van der Waals surface area contributed by atoms with Crippen molar-refractivity contribution in [2.24, 2.45) is 0 Å². The predicted octanol–water partition coefficient (Wildman–Crippen LogP) is 16.4. The Bertz CT molecular complexity index is 3140. The van der Waals surface area contributed by atoms with Crippen LogP contribution in [0.15, 0.2) is 95.4 Å². The number of rotatable bonds is 3. The average molecular weight is 941 g/mol. The topological polar surface area (TPSA) is 19.6 Å². The van der Waals surface area contributed by atoms with Crippen molar-refractivity contribution < 1.29 is 17.6 Å². The number of benzene rings is 5. The van der Waals surface area contributed by atoms with E-state index in [0.29, 0.717) is 11.4 Å². The van der Waals surface area contributed by atoms with Gasteiger partial charge in [0.05, 0.1) is 22.6 Å². The molecule has 0 N–H and O–H groups in total. The molecule has 1 aromatic heterocycles. The molecule has 11 rings (SSSR count). The molecule has 0 atom stereocenters. The van der Waals surface area contributed by atoms with Crippen molar-refractivity contribution >= 4 is 57.4 Å². The van der Waals surface area contributed by atoms with Gasteiger partial charge in [0.15, 0.2) is 0 Å². The summed E-state index contributed by atoms with van der Waals surface area (Å²) in [6.45, 7) is 34.1. The maximum Gasteiger partial charge on any atom is 0.416 e. The number of hydrogen-bond acceptors (Lipinski definition) is 3. The molecule has 0 saturated heterocycles. The maximum absolute atomic E-state index is 16.3. The summed E-state index contributed by atoms with van der Waals surface area (Å²) in [4.78, 5) is 4.49. The summed E-state index contributed by atoms with van der Waals surface area (Å²) in [7, 11) is 0. The van der Waals surface area contributed by atoms with Gasteiger partial charge in [-0.3, -0.25) is 0 Å². The van der Waals surface area contributed by atoms with Crippen molar-refractivity contribution in [3.63, 3.8) is 0 Å². The molecule has 3 heterocycles. The van der Waals surface area contributed by atoms with Crippen LogP contribution in [0.25, 0.3) is 11.1 Å². The first-order valence-electron chi connectivity index (χ1n) is 26.0. The molecule has 70 heavy (non-hydrogen) atoms. The molecule has 2 aliphatic heterocycles. The van der Waals surface area contributed by atoms with Crippen LogP contribution < -0.4 is 26.4 Å². The Morgan fingerprint density at radius 3 is 1.61 bits per heavy atom. The Morgan fingerprint density at radius 1 is 0.500 bits per heavy atom. The van der Waals surface area contributed by atoms with E-state index in [0.717, 1.165) is 106 Å². The molecule has 0 saturated carbocycles. The second-order valence-corrected chi connectivity index (χ2v) is 26.9. The minimum atomic E-state index is -4.65. The first-order chi connectivity index (χ1) is 32.4. The van der Waals surface area contributed by atoms with Gasteiger partial charge in [0, 0.05) is 39.3 Å². The van der Waals surface area contributed by atoms with E-state index in [4.69, 9.17) is 4.42 Å². The Morgan fingerprint density at radius 2 is 1.03 bits per heavy atom. The number of alkyl halides is 3. The van der Waals surface area contributed by atoms with Crippen LogP contribution in [0.5, 0.6) is 0 Å². The Balaban J connectivity index is 1.35. The van der Waals surface area contributed by atoms with Crippen LogP contribution in [0.4, 0.5) is 47.3 Å². The monoisotopic (exact) mass is 941 g/mol. The van der Waals surface area contributed by atoms with Crippen LogP contribution in [-0.4, -0.2) is 6.71 Å². The number of fused-ring (bicyclic) bond motifs is 9. The smallest absolute Gasteiger partial charge is 0.416 e. The highest BCUT2D eigenvalue weighted by Gasteiger charge is 2.55. The van der Waals surface area contributed by atoms with Crippen LogP contribution >= 0.6 is 0 Å². The van der Waals surface area contributed by atoms with Crippen molar-refractivity contribution in [1.29, 1.82) is 0 Å². The highest BCUT2D eigenvalue weighted by molar-refractivity contribution is 6.99. The van der Waals surface area contributed by atoms with Crippen molar-refractivity contribution in [3.8, 4) is 11.1 Å². The van der Waals surface area contributed by atoms with Crippen LogP contribution in [0.1, 0.15) is 187 Å². The van der Waals surface area contributed by atoms with Crippen molar-refractivity contribution in [1.82, 2.24) is 0 Å². The summed E-state index contributed by atoms with van der Waals surface area (Å²) in [5, 5.41) is 0. The lowest BCUT2D eigenvalue weighted by Gasteiger charge is -2.50. The van der Waals surface area contributed by atoms with Gasteiger partial charge in [0.25, 0.3) is 6.71 Å². The molecule has 0 fully saturated rings. The lowest BCUT2D eigenvalue weighted by Crippen LogP contribution is -2.62. The average Bonchev–Trinajstić information content (AvgIpc) is 3.70. The van der Waals surface area contributed by atoms with Crippen LogP contribution in [-0.2, 0) is 44.1 Å². The fraction of sp³-hybridized carbons (Fsp3) is 0.460. The van der Waals surface area contributed by atoms with Crippen LogP contribution in [0.2, 0.25) is 0 Å². The first-order valence-corrected chi connectivity index (χ1v) is 26.0. The fourth-order valence-electron chi connectivity index (χ4n) is 13.4. The lowest BCUT2D eigenvalue weighted by atomic mass is 9.34. The zero-order valence-electron chi connectivity index (χ0n) is 44.4. The van der Waals surface area contributed by atoms with E-state index in [1.54, 1.807) is 0 Å². The van der Waals surface area contributed by atoms with E-state index in [1.165, 1.54) is 34.4 Å². The second-order valence-electron chi connectivity index (χ2n) is 26.9. The van der Waals surface area contributed by atoms with Crippen molar-refractivity contribution in [2.75, 3.05) is 9.80 Å². The Hall–Kier alpha value is -5.17. The highest BCUT2D eigenvalue weighted by atomic mass is 19.4. The second kappa shape index (κ2) is 14.7. The van der Waals surface area contributed by atoms with E-state index < -0.39 is 18.5 Å². The molecule has 6 aromatic rings. The SMILES string of the molecule is CC(C)(C)c1ccc(N2c3cc(C(F)(F)F)cc4c3B(c3ccc5c(c3N4c3cc4c(cc3-c3ccccc3)C(C)(C)CCC4(C)C)C(C)(C)CCC5(C)C)c3oc4c(c32)C(C)(C)CCC4(C)C)cc1. The third-order valence-electron chi connectivity index (χ3n) is 18.1. The Labute approximate surface area is 416 Å². The van der Waals surface area contributed by atoms with Gasteiger partial charge in [-0.05, 0) is 152 Å². The standard InChI is InChI=1S/C63H72BF3N2O/c1-56(2,3)38-21-23-40(24-22-38)68-47-33-39(63(65,66)67)34-48-51(47)64(55-53(68)50-54(70-55)62(14,15)32-31-61(50,12)13)45-26-25-42-49(60(10,11)30-29-57(42,4)5)52(45)69(48)46-36-44-43(58(6,7)27-28-59(44,8)9)35-41(46)37-19-17-16-18-20-37/h16-26,33-36H,27-32H2,1-15H3. The zero-order chi connectivity index (χ0) is 50.3. The van der Waals surface area contributed by atoms with Gasteiger partial charge in [0.1, 0.15) is 5.76 Å². The molecule has 0 bridgehead atoms. The van der Waals surface area contributed by atoms with Gasteiger partial charge >= 0.3 is 6.18 Å².